The van der Waals surface area contributed by atoms with E-state index in [0.29, 0.717) is 12.3 Å². The van der Waals surface area contributed by atoms with Gasteiger partial charge in [-0.3, -0.25) is 4.79 Å². The SMILES string of the molecule is Cc1ccc(CNC(=O)COC(=O)c2cccc(S(=O)(=O)NCc3ccco3)c2)cc1. The molecule has 0 radical (unpaired) electrons. The number of hydrogen-bond acceptors (Lipinski definition) is 6. The lowest BCUT2D eigenvalue weighted by Crippen LogP contribution is -2.28. The Hall–Kier alpha value is -3.43. The van der Waals surface area contributed by atoms with Crippen molar-refractivity contribution < 1.29 is 27.2 Å². The van der Waals surface area contributed by atoms with Crippen LogP contribution >= 0.6 is 0 Å². The first-order valence-electron chi connectivity index (χ1n) is 9.45. The van der Waals surface area contributed by atoms with Crippen LogP contribution in [0.2, 0.25) is 0 Å². The van der Waals surface area contributed by atoms with Gasteiger partial charge in [0.15, 0.2) is 6.61 Å². The molecule has 0 saturated carbocycles. The molecule has 0 aliphatic heterocycles. The van der Waals surface area contributed by atoms with Crippen LogP contribution in [0.5, 0.6) is 0 Å². The van der Waals surface area contributed by atoms with E-state index in [1.165, 1.54) is 30.5 Å². The third-order valence-electron chi connectivity index (χ3n) is 4.34. The van der Waals surface area contributed by atoms with Gasteiger partial charge in [0, 0.05) is 6.54 Å². The fourth-order valence-electron chi connectivity index (χ4n) is 2.62. The minimum absolute atomic E-state index is 0.0206. The third kappa shape index (κ3) is 6.53. The first-order valence-corrected chi connectivity index (χ1v) is 10.9. The highest BCUT2D eigenvalue weighted by molar-refractivity contribution is 7.89. The van der Waals surface area contributed by atoms with Gasteiger partial charge in [0.05, 0.1) is 23.3 Å². The number of esters is 1. The number of furan rings is 1. The number of aryl methyl sites for hydroxylation is 1. The number of benzene rings is 2. The van der Waals surface area contributed by atoms with Crippen LogP contribution < -0.4 is 10.0 Å². The molecule has 9 heteroatoms. The molecular formula is C22H22N2O6S. The molecule has 0 bridgehead atoms. The average Bonchev–Trinajstić information content (AvgIpc) is 3.30. The van der Waals surface area contributed by atoms with Crippen LogP contribution in [0.25, 0.3) is 0 Å². The van der Waals surface area contributed by atoms with Crippen molar-refractivity contribution in [3.8, 4) is 0 Å². The Labute approximate surface area is 180 Å². The lowest BCUT2D eigenvalue weighted by atomic mass is 10.1. The highest BCUT2D eigenvalue weighted by Crippen LogP contribution is 2.13. The van der Waals surface area contributed by atoms with E-state index in [2.05, 4.69) is 10.0 Å². The van der Waals surface area contributed by atoms with Gasteiger partial charge in [0.25, 0.3) is 5.91 Å². The van der Waals surface area contributed by atoms with Gasteiger partial charge in [-0.1, -0.05) is 35.9 Å². The van der Waals surface area contributed by atoms with E-state index in [0.717, 1.165) is 11.1 Å². The molecule has 0 fully saturated rings. The summed E-state index contributed by atoms with van der Waals surface area (Å²) in [5, 5.41) is 2.66. The summed E-state index contributed by atoms with van der Waals surface area (Å²) >= 11 is 0. The predicted octanol–water partition coefficient (Wildman–Crippen LogP) is 2.54. The molecule has 1 heterocycles. The molecule has 0 saturated heterocycles. The predicted molar refractivity (Wildman–Crippen MR) is 112 cm³/mol. The first-order chi connectivity index (χ1) is 14.8. The van der Waals surface area contributed by atoms with E-state index >= 15 is 0 Å². The lowest BCUT2D eigenvalue weighted by Gasteiger charge is -2.09. The standard InChI is InChI=1S/C22H22N2O6S/c1-16-7-9-17(10-8-16)13-23-21(25)15-30-22(26)18-4-2-6-20(12-18)31(27,28)24-14-19-5-3-11-29-19/h2-12,24H,13-15H2,1H3,(H,23,25). The van der Waals surface area contributed by atoms with Crippen molar-refractivity contribution in [3.05, 3.63) is 89.4 Å². The summed E-state index contributed by atoms with van der Waals surface area (Å²) in [5.41, 5.74) is 2.06. The zero-order valence-corrected chi connectivity index (χ0v) is 17.6. The second kappa shape index (κ2) is 10.1. The summed E-state index contributed by atoms with van der Waals surface area (Å²) in [7, 11) is -3.86. The molecule has 0 atom stereocenters. The third-order valence-corrected chi connectivity index (χ3v) is 5.74. The second-order valence-electron chi connectivity index (χ2n) is 6.77. The highest BCUT2D eigenvalue weighted by Gasteiger charge is 2.18. The molecule has 3 aromatic rings. The summed E-state index contributed by atoms with van der Waals surface area (Å²) in [6, 6.07) is 16.3. The van der Waals surface area contributed by atoms with Gasteiger partial charge in [-0.15, -0.1) is 0 Å². The molecule has 8 nitrogen and oxygen atoms in total. The number of ether oxygens (including phenoxy) is 1. The molecule has 0 aliphatic rings. The van der Waals surface area contributed by atoms with Crippen molar-refractivity contribution in [3.63, 3.8) is 0 Å². The smallest absolute Gasteiger partial charge is 0.338 e. The van der Waals surface area contributed by atoms with Crippen molar-refractivity contribution in [2.75, 3.05) is 6.61 Å². The number of rotatable bonds is 9. The second-order valence-corrected chi connectivity index (χ2v) is 8.54. The molecule has 162 valence electrons. The van der Waals surface area contributed by atoms with E-state index in [1.807, 2.05) is 31.2 Å². The minimum Gasteiger partial charge on any atom is -0.468 e. The van der Waals surface area contributed by atoms with E-state index in [9.17, 15) is 18.0 Å². The number of carbonyl (C=O) groups is 2. The average molecular weight is 442 g/mol. The summed E-state index contributed by atoms with van der Waals surface area (Å²) in [4.78, 5) is 24.1. The highest BCUT2D eigenvalue weighted by atomic mass is 32.2. The van der Waals surface area contributed by atoms with Crippen molar-refractivity contribution >= 4 is 21.9 Å². The largest absolute Gasteiger partial charge is 0.468 e. The fraction of sp³-hybridized carbons (Fsp3) is 0.182. The minimum atomic E-state index is -3.86. The van der Waals surface area contributed by atoms with E-state index < -0.39 is 28.5 Å². The Balaban J connectivity index is 1.53. The summed E-state index contributed by atoms with van der Waals surface area (Å²) < 4.78 is 37.4. The van der Waals surface area contributed by atoms with Crippen molar-refractivity contribution in [2.24, 2.45) is 0 Å². The number of nitrogens with one attached hydrogen (secondary N) is 2. The normalized spacial score (nSPS) is 11.1. The van der Waals surface area contributed by atoms with E-state index in [4.69, 9.17) is 9.15 Å². The van der Waals surface area contributed by atoms with Gasteiger partial charge in [0.1, 0.15) is 5.76 Å². The summed E-state index contributed by atoms with van der Waals surface area (Å²) in [5.74, 6) is -0.804. The zero-order valence-electron chi connectivity index (χ0n) is 16.8. The molecule has 3 rings (SSSR count). The van der Waals surface area contributed by atoms with Gasteiger partial charge < -0.3 is 14.5 Å². The van der Waals surface area contributed by atoms with Gasteiger partial charge >= 0.3 is 5.97 Å². The molecule has 1 aromatic heterocycles. The van der Waals surface area contributed by atoms with Crippen molar-refractivity contribution in [1.82, 2.24) is 10.0 Å². The zero-order chi connectivity index (χ0) is 22.3. The maximum absolute atomic E-state index is 12.4. The quantitative estimate of drug-likeness (QED) is 0.492. The molecule has 0 unspecified atom stereocenters. The fourth-order valence-corrected chi connectivity index (χ4v) is 3.66. The maximum atomic E-state index is 12.4. The maximum Gasteiger partial charge on any atom is 0.338 e. The van der Waals surface area contributed by atoms with Crippen LogP contribution in [0.4, 0.5) is 0 Å². The Morgan fingerprint density at radius 2 is 1.77 bits per heavy atom. The first kappa shape index (κ1) is 22.3. The number of amides is 1. The number of sulfonamides is 1. The molecule has 1 amide bonds. The molecule has 2 aromatic carbocycles. The molecule has 31 heavy (non-hydrogen) atoms. The Bertz CT molecular complexity index is 1140. The van der Waals surface area contributed by atoms with Crippen molar-refractivity contribution in [1.29, 1.82) is 0 Å². The topological polar surface area (TPSA) is 115 Å². The summed E-state index contributed by atoms with van der Waals surface area (Å²) in [6.07, 6.45) is 1.44. The van der Waals surface area contributed by atoms with E-state index in [1.54, 1.807) is 12.1 Å². The van der Waals surface area contributed by atoms with Gasteiger partial charge in [-0.2, -0.15) is 0 Å². The molecular weight excluding hydrogens is 420 g/mol. The van der Waals surface area contributed by atoms with Gasteiger partial charge in [-0.25, -0.2) is 17.9 Å². The molecule has 0 aliphatic carbocycles. The Kier molecular flexibility index (Phi) is 7.22. The Morgan fingerprint density at radius 1 is 1.00 bits per heavy atom. The summed E-state index contributed by atoms with van der Waals surface area (Å²) in [6.45, 7) is 1.78. The van der Waals surface area contributed by atoms with Crippen LogP contribution in [0.3, 0.4) is 0 Å². The Morgan fingerprint density at radius 3 is 2.48 bits per heavy atom. The number of hydrogen-bond donors (Lipinski definition) is 2. The van der Waals surface area contributed by atoms with Crippen LogP contribution in [-0.2, 0) is 32.6 Å². The van der Waals surface area contributed by atoms with Crippen LogP contribution in [-0.4, -0.2) is 26.9 Å². The van der Waals surface area contributed by atoms with Gasteiger partial charge in [0.2, 0.25) is 10.0 Å². The lowest BCUT2D eigenvalue weighted by molar-refractivity contribution is -0.124. The molecule has 0 spiro atoms. The van der Waals surface area contributed by atoms with Crippen LogP contribution in [0, 0.1) is 6.92 Å². The van der Waals surface area contributed by atoms with E-state index in [-0.39, 0.29) is 17.0 Å². The van der Waals surface area contributed by atoms with Crippen molar-refractivity contribution in [2.45, 2.75) is 24.9 Å². The number of carbonyl (C=O) groups excluding carboxylic acids is 2. The van der Waals surface area contributed by atoms with Crippen LogP contribution in [0.1, 0.15) is 27.2 Å². The monoisotopic (exact) mass is 442 g/mol. The van der Waals surface area contributed by atoms with Crippen LogP contribution in [0.15, 0.2) is 76.2 Å². The molecule has 2 N–H and O–H groups in total. The van der Waals surface area contributed by atoms with Gasteiger partial charge in [-0.05, 0) is 42.8 Å².